The molecule has 1 atom stereocenters. The van der Waals surface area contributed by atoms with E-state index in [9.17, 15) is 13.2 Å². The third-order valence-electron chi connectivity index (χ3n) is 3.68. The van der Waals surface area contributed by atoms with Gasteiger partial charge in [-0.1, -0.05) is 35.6 Å². The zero-order valence-electron chi connectivity index (χ0n) is 15.4. The molecule has 0 saturated heterocycles. The molecule has 0 aromatic heterocycles. The van der Waals surface area contributed by atoms with Crippen LogP contribution < -0.4 is 15.0 Å². The summed E-state index contributed by atoms with van der Waals surface area (Å²) < 4.78 is 54.7. The molecule has 0 amide bonds. The van der Waals surface area contributed by atoms with E-state index in [0.29, 0.717) is 10.8 Å². The summed E-state index contributed by atoms with van der Waals surface area (Å²) in [6.07, 6.45) is -4.59. The van der Waals surface area contributed by atoms with Crippen LogP contribution in [0.25, 0.3) is 0 Å². The number of ether oxygens (including phenoxy) is 3. The maximum Gasteiger partial charge on any atom is 0.403 e. The molecule has 1 unspecified atom stereocenters. The molecule has 9 heteroatoms. The van der Waals surface area contributed by atoms with Crippen molar-refractivity contribution in [2.24, 2.45) is 5.92 Å². The Balaban J connectivity index is 2.20. The lowest BCUT2D eigenvalue weighted by Crippen LogP contribution is -2.31. The Labute approximate surface area is 171 Å². The van der Waals surface area contributed by atoms with Gasteiger partial charge in [0, 0.05) is 24.7 Å². The highest BCUT2D eigenvalue weighted by molar-refractivity contribution is 6.30. The number of rotatable bonds is 8. The summed E-state index contributed by atoms with van der Waals surface area (Å²) >= 11 is 5.85. The molecule has 29 heavy (non-hydrogen) atoms. The highest BCUT2D eigenvalue weighted by Crippen LogP contribution is 2.28. The van der Waals surface area contributed by atoms with Crippen LogP contribution in [-0.4, -0.2) is 31.8 Å². The summed E-state index contributed by atoms with van der Waals surface area (Å²) in [7, 11) is 1.42. The molecule has 0 radical (unpaired) electrons. The molecule has 0 saturated carbocycles. The third-order valence-corrected chi connectivity index (χ3v) is 3.93. The molecule has 0 aliphatic rings. The first kappa shape index (κ1) is 22.8. The van der Waals surface area contributed by atoms with E-state index in [-0.39, 0.29) is 24.7 Å². The molecular weight excluding hydrogens is 411 g/mol. The molecule has 2 rings (SSSR count). The van der Waals surface area contributed by atoms with E-state index in [0.717, 1.165) is 5.56 Å². The van der Waals surface area contributed by atoms with E-state index >= 15 is 0 Å². The molecule has 2 aromatic carbocycles. The Morgan fingerprint density at radius 1 is 1.14 bits per heavy atom. The molecule has 0 heterocycles. The van der Waals surface area contributed by atoms with Gasteiger partial charge >= 0.3 is 6.18 Å². The van der Waals surface area contributed by atoms with Gasteiger partial charge in [-0.25, -0.2) is 5.48 Å². The van der Waals surface area contributed by atoms with Gasteiger partial charge in [0.05, 0.1) is 5.56 Å². The Morgan fingerprint density at radius 3 is 2.48 bits per heavy atom. The van der Waals surface area contributed by atoms with Crippen molar-refractivity contribution in [1.82, 2.24) is 5.48 Å². The van der Waals surface area contributed by atoms with Gasteiger partial charge in [-0.2, -0.15) is 13.2 Å². The van der Waals surface area contributed by atoms with E-state index < -0.39 is 18.6 Å². The third kappa shape index (κ3) is 7.48. The second-order valence-corrected chi connectivity index (χ2v) is 6.29. The number of methoxy groups -OCH3 is 1. The minimum Gasteiger partial charge on any atom is -0.489 e. The molecule has 5 nitrogen and oxygen atoms in total. The van der Waals surface area contributed by atoms with E-state index in [2.05, 4.69) is 11.8 Å². The molecular formula is C20H19ClF3NO4. The highest BCUT2D eigenvalue weighted by Gasteiger charge is 2.38. The Hall–Kier alpha value is -2.44. The molecule has 0 spiro atoms. The monoisotopic (exact) mass is 429 g/mol. The van der Waals surface area contributed by atoms with Crippen LogP contribution in [0.5, 0.6) is 11.5 Å². The predicted molar refractivity (Wildman–Crippen MR) is 101 cm³/mol. The fraction of sp³-hybridized carbons (Fsp3) is 0.300. The van der Waals surface area contributed by atoms with Crippen molar-refractivity contribution in [3.63, 3.8) is 0 Å². The van der Waals surface area contributed by atoms with Crippen molar-refractivity contribution in [3.05, 3.63) is 58.6 Å². The van der Waals surface area contributed by atoms with Gasteiger partial charge < -0.3 is 19.4 Å². The van der Waals surface area contributed by atoms with Crippen molar-refractivity contribution < 1.29 is 32.6 Å². The van der Waals surface area contributed by atoms with E-state index in [1.54, 1.807) is 18.2 Å². The lowest BCUT2D eigenvalue weighted by atomic mass is 10.1. The second-order valence-electron chi connectivity index (χ2n) is 5.85. The fourth-order valence-corrected chi connectivity index (χ4v) is 2.32. The number of benzene rings is 2. The van der Waals surface area contributed by atoms with Crippen molar-refractivity contribution in [1.29, 1.82) is 0 Å². The topological polar surface area (TPSA) is 60.0 Å². The number of alkyl halides is 3. The van der Waals surface area contributed by atoms with Gasteiger partial charge in [0.1, 0.15) is 24.0 Å². The summed E-state index contributed by atoms with van der Waals surface area (Å²) in [5, 5.41) is 9.20. The number of hydroxylamine groups is 1. The molecule has 2 aromatic rings. The van der Waals surface area contributed by atoms with Crippen LogP contribution in [0.15, 0.2) is 42.5 Å². The van der Waals surface area contributed by atoms with E-state index in [1.807, 2.05) is 12.1 Å². The summed E-state index contributed by atoms with van der Waals surface area (Å²) in [4.78, 5) is 0. The summed E-state index contributed by atoms with van der Waals surface area (Å²) in [6.45, 7) is -0.590. The minimum absolute atomic E-state index is 0.115. The molecule has 0 aliphatic heterocycles. The lowest BCUT2D eigenvalue weighted by Gasteiger charge is -2.14. The standard InChI is InChI=1S/C20H19ClF3NO4/c1-27-13-29-19-10-18(28-12-14-2-7-17(21)8-3-14)9-5-15(19)4-6-16(11-25-26)20(22,23)24/h2-3,5,7-10,16,25-26H,11-13H2,1H3. The molecule has 156 valence electrons. The Kier molecular flexibility index (Phi) is 8.61. The first-order valence-corrected chi connectivity index (χ1v) is 8.79. The van der Waals surface area contributed by atoms with Crippen LogP contribution in [0.1, 0.15) is 11.1 Å². The summed E-state index contributed by atoms with van der Waals surface area (Å²) in [5.41, 5.74) is 2.62. The van der Waals surface area contributed by atoms with Gasteiger partial charge in [0.2, 0.25) is 0 Å². The first-order chi connectivity index (χ1) is 13.8. The van der Waals surface area contributed by atoms with Crippen molar-refractivity contribution in [3.8, 4) is 23.3 Å². The predicted octanol–water partition coefficient (Wildman–Crippen LogP) is 4.41. The second kappa shape index (κ2) is 10.9. The summed E-state index contributed by atoms with van der Waals surface area (Å²) in [5.74, 6) is 3.17. The average Bonchev–Trinajstić information content (AvgIpc) is 2.69. The molecule has 0 fully saturated rings. The molecule has 0 aliphatic carbocycles. The number of nitrogens with one attached hydrogen (secondary N) is 1. The molecule has 0 bridgehead atoms. The van der Waals surface area contributed by atoms with Crippen molar-refractivity contribution in [2.45, 2.75) is 12.8 Å². The number of hydrogen-bond acceptors (Lipinski definition) is 5. The van der Waals surface area contributed by atoms with Gasteiger partial charge in [-0.3, -0.25) is 0 Å². The minimum atomic E-state index is -4.59. The van der Waals surface area contributed by atoms with E-state index in [4.69, 9.17) is 31.0 Å². The summed E-state index contributed by atoms with van der Waals surface area (Å²) in [6, 6.07) is 11.7. The van der Waals surface area contributed by atoms with Crippen LogP contribution in [0.2, 0.25) is 5.02 Å². The highest BCUT2D eigenvalue weighted by atomic mass is 35.5. The van der Waals surface area contributed by atoms with Crippen molar-refractivity contribution in [2.75, 3.05) is 20.4 Å². The van der Waals surface area contributed by atoms with Gasteiger partial charge in [0.25, 0.3) is 0 Å². The van der Waals surface area contributed by atoms with Crippen LogP contribution in [0, 0.1) is 17.8 Å². The van der Waals surface area contributed by atoms with Crippen LogP contribution in [0.4, 0.5) is 13.2 Å². The smallest absolute Gasteiger partial charge is 0.403 e. The van der Waals surface area contributed by atoms with Crippen LogP contribution >= 0.6 is 11.6 Å². The van der Waals surface area contributed by atoms with Gasteiger partial charge in [0.15, 0.2) is 6.79 Å². The fourth-order valence-electron chi connectivity index (χ4n) is 2.19. The number of halogens is 4. The van der Waals surface area contributed by atoms with Gasteiger partial charge in [-0.05, 0) is 29.8 Å². The number of hydrogen-bond donors (Lipinski definition) is 2. The van der Waals surface area contributed by atoms with Crippen LogP contribution in [0.3, 0.4) is 0 Å². The maximum absolute atomic E-state index is 12.9. The van der Waals surface area contributed by atoms with Crippen molar-refractivity contribution >= 4 is 11.6 Å². The SMILES string of the molecule is COCOc1cc(OCc2ccc(Cl)cc2)ccc1C#CC(CNO)C(F)(F)F. The zero-order chi connectivity index (χ0) is 21.3. The average molecular weight is 430 g/mol. The molecule has 2 N–H and O–H groups in total. The Bertz CT molecular complexity index is 848. The quantitative estimate of drug-likeness (QED) is 0.370. The lowest BCUT2D eigenvalue weighted by molar-refractivity contribution is -0.161. The largest absolute Gasteiger partial charge is 0.489 e. The Morgan fingerprint density at radius 2 is 1.86 bits per heavy atom. The maximum atomic E-state index is 12.9. The normalized spacial score (nSPS) is 12.1. The first-order valence-electron chi connectivity index (χ1n) is 8.41. The van der Waals surface area contributed by atoms with Crippen LogP contribution in [-0.2, 0) is 11.3 Å². The van der Waals surface area contributed by atoms with Gasteiger partial charge in [-0.15, -0.1) is 0 Å². The van der Waals surface area contributed by atoms with E-state index in [1.165, 1.54) is 24.7 Å². The zero-order valence-corrected chi connectivity index (χ0v) is 16.2.